The second-order valence-electron chi connectivity index (χ2n) is 8.49. The Morgan fingerprint density at radius 1 is 0.667 bits per heavy atom. The summed E-state index contributed by atoms with van der Waals surface area (Å²) in [6.07, 6.45) is 4.45. The average molecular weight is 449 g/mol. The van der Waals surface area contributed by atoms with Gasteiger partial charge in [-0.05, 0) is 87.3 Å². The largest absolute Gasteiger partial charge is 0.328 e. The molecule has 164 valence electrons. The molecule has 0 aromatic heterocycles. The first-order valence-electron chi connectivity index (χ1n) is 10.9. The molecule has 0 radical (unpaired) electrons. The molecule has 2 aliphatic heterocycles. The van der Waals surface area contributed by atoms with Gasteiger partial charge in [0.1, 0.15) is 0 Å². The van der Waals surface area contributed by atoms with Gasteiger partial charge in [-0.15, -0.1) is 0 Å². The fraction of sp³-hybridized carbons (Fsp3) is 0.500. The van der Waals surface area contributed by atoms with E-state index in [-0.39, 0.29) is 0 Å². The van der Waals surface area contributed by atoms with Crippen LogP contribution in [-0.4, -0.2) is 48.1 Å². The van der Waals surface area contributed by atoms with Crippen molar-refractivity contribution in [3.8, 4) is 0 Å². The van der Waals surface area contributed by atoms with Gasteiger partial charge in [0, 0.05) is 35.2 Å². The van der Waals surface area contributed by atoms with Crippen molar-refractivity contribution in [1.82, 2.24) is 9.80 Å². The number of nitrogens with two attached hydrogens (primary N) is 2. The topological polar surface area (TPSA) is 58.5 Å². The molecule has 2 aliphatic rings. The van der Waals surface area contributed by atoms with Gasteiger partial charge >= 0.3 is 0 Å². The van der Waals surface area contributed by atoms with Crippen LogP contribution in [0.5, 0.6) is 0 Å². The molecular formula is C24H34Cl2N4. The van der Waals surface area contributed by atoms with Gasteiger partial charge in [-0.25, -0.2) is 0 Å². The SMILES string of the molecule is NC1CCN(Cc2cccc(Cl)c2)CC1.NC1CCN(Cc2cccc(Cl)c2)CC1. The normalized spacial score (nSPS) is 19.3. The summed E-state index contributed by atoms with van der Waals surface area (Å²) < 4.78 is 0. The van der Waals surface area contributed by atoms with E-state index in [1.54, 1.807) is 0 Å². The predicted molar refractivity (Wildman–Crippen MR) is 128 cm³/mol. The number of nitrogens with zero attached hydrogens (tertiary/aromatic N) is 2. The van der Waals surface area contributed by atoms with E-state index in [0.717, 1.165) is 75.0 Å². The van der Waals surface area contributed by atoms with Crippen LogP contribution in [0.3, 0.4) is 0 Å². The summed E-state index contributed by atoms with van der Waals surface area (Å²) in [5.74, 6) is 0. The van der Waals surface area contributed by atoms with Crippen LogP contribution in [0.15, 0.2) is 48.5 Å². The summed E-state index contributed by atoms with van der Waals surface area (Å²) in [4.78, 5) is 4.88. The minimum absolute atomic E-state index is 0.403. The number of halogens is 2. The molecule has 0 saturated carbocycles. The van der Waals surface area contributed by atoms with Crippen LogP contribution in [0.2, 0.25) is 10.0 Å². The Morgan fingerprint density at radius 3 is 1.37 bits per heavy atom. The van der Waals surface area contributed by atoms with Crippen LogP contribution in [0.25, 0.3) is 0 Å². The van der Waals surface area contributed by atoms with Gasteiger partial charge in [0.25, 0.3) is 0 Å². The van der Waals surface area contributed by atoms with E-state index in [1.165, 1.54) is 11.1 Å². The fourth-order valence-electron chi connectivity index (χ4n) is 4.01. The molecule has 4 N–H and O–H groups in total. The molecule has 4 rings (SSSR count). The number of hydrogen-bond donors (Lipinski definition) is 2. The van der Waals surface area contributed by atoms with Crippen LogP contribution >= 0.6 is 23.2 Å². The Labute approximate surface area is 191 Å². The zero-order chi connectivity index (χ0) is 21.3. The van der Waals surface area contributed by atoms with Gasteiger partial charge in [0.05, 0.1) is 0 Å². The highest BCUT2D eigenvalue weighted by molar-refractivity contribution is 6.30. The van der Waals surface area contributed by atoms with E-state index < -0.39 is 0 Å². The lowest BCUT2D eigenvalue weighted by Gasteiger charge is -2.30. The van der Waals surface area contributed by atoms with Crippen LogP contribution < -0.4 is 11.5 Å². The Morgan fingerprint density at radius 2 is 1.03 bits per heavy atom. The van der Waals surface area contributed by atoms with E-state index in [4.69, 9.17) is 34.7 Å². The summed E-state index contributed by atoms with van der Waals surface area (Å²) in [5.41, 5.74) is 14.3. The molecule has 4 nitrogen and oxygen atoms in total. The van der Waals surface area contributed by atoms with Gasteiger partial charge in [0.2, 0.25) is 0 Å². The summed E-state index contributed by atoms with van der Waals surface area (Å²) in [6, 6.07) is 17.0. The number of benzene rings is 2. The molecule has 0 spiro atoms. The van der Waals surface area contributed by atoms with Crippen LogP contribution in [0.4, 0.5) is 0 Å². The second kappa shape index (κ2) is 12.0. The molecule has 2 aromatic rings. The summed E-state index contributed by atoms with van der Waals surface area (Å²) in [7, 11) is 0. The summed E-state index contributed by atoms with van der Waals surface area (Å²) in [5, 5.41) is 1.64. The Hall–Kier alpha value is -1.14. The van der Waals surface area contributed by atoms with Crippen LogP contribution in [0, 0.1) is 0 Å². The molecule has 2 heterocycles. The van der Waals surface area contributed by atoms with Crippen molar-refractivity contribution in [2.24, 2.45) is 11.5 Å². The molecule has 0 bridgehead atoms. The summed E-state index contributed by atoms with van der Waals surface area (Å²) >= 11 is 11.9. The third-order valence-corrected chi connectivity index (χ3v) is 6.33. The third kappa shape index (κ3) is 8.18. The number of hydrogen-bond acceptors (Lipinski definition) is 4. The van der Waals surface area contributed by atoms with Crippen LogP contribution in [-0.2, 0) is 13.1 Å². The lowest BCUT2D eigenvalue weighted by Crippen LogP contribution is -2.39. The number of rotatable bonds is 4. The highest BCUT2D eigenvalue weighted by Gasteiger charge is 2.16. The second-order valence-corrected chi connectivity index (χ2v) is 9.36. The van der Waals surface area contributed by atoms with Crippen molar-refractivity contribution in [2.75, 3.05) is 26.2 Å². The Bertz CT molecular complexity index is 704. The molecule has 2 saturated heterocycles. The molecule has 30 heavy (non-hydrogen) atoms. The molecule has 0 aliphatic carbocycles. The van der Waals surface area contributed by atoms with Gasteiger partial charge in [0.15, 0.2) is 0 Å². The maximum Gasteiger partial charge on any atom is 0.0409 e. The molecule has 0 amide bonds. The van der Waals surface area contributed by atoms with E-state index in [1.807, 2.05) is 36.4 Å². The zero-order valence-electron chi connectivity index (χ0n) is 17.6. The van der Waals surface area contributed by atoms with Crippen molar-refractivity contribution < 1.29 is 0 Å². The highest BCUT2D eigenvalue weighted by atomic mass is 35.5. The smallest absolute Gasteiger partial charge is 0.0409 e. The maximum atomic E-state index is 5.95. The number of piperidine rings is 2. The zero-order valence-corrected chi connectivity index (χ0v) is 19.2. The van der Waals surface area contributed by atoms with Gasteiger partial charge in [-0.2, -0.15) is 0 Å². The van der Waals surface area contributed by atoms with Gasteiger partial charge in [-0.3, -0.25) is 9.80 Å². The van der Waals surface area contributed by atoms with E-state index >= 15 is 0 Å². The molecule has 0 unspecified atom stereocenters. The predicted octanol–water partition coefficient (Wildman–Crippen LogP) is 4.53. The van der Waals surface area contributed by atoms with Crippen LogP contribution in [0.1, 0.15) is 36.8 Å². The standard InChI is InChI=1S/2C12H17ClN2/c2*13-11-3-1-2-10(8-11)9-15-6-4-12(14)5-7-15/h2*1-3,8,12H,4-7,9,14H2. The van der Waals surface area contributed by atoms with E-state index in [0.29, 0.717) is 12.1 Å². The molecular weight excluding hydrogens is 415 g/mol. The molecule has 2 aromatic carbocycles. The lowest BCUT2D eigenvalue weighted by molar-refractivity contribution is 0.205. The third-order valence-electron chi connectivity index (χ3n) is 5.85. The minimum Gasteiger partial charge on any atom is -0.328 e. The average Bonchev–Trinajstić information content (AvgIpc) is 2.72. The molecule has 0 atom stereocenters. The monoisotopic (exact) mass is 448 g/mol. The number of likely N-dealkylation sites (tertiary alicyclic amines) is 2. The molecule has 6 heteroatoms. The van der Waals surface area contributed by atoms with E-state index in [2.05, 4.69) is 21.9 Å². The quantitative estimate of drug-likeness (QED) is 0.721. The van der Waals surface area contributed by atoms with Crippen molar-refractivity contribution in [3.63, 3.8) is 0 Å². The first-order chi connectivity index (χ1) is 14.5. The van der Waals surface area contributed by atoms with Gasteiger partial charge < -0.3 is 11.5 Å². The van der Waals surface area contributed by atoms with Crippen molar-refractivity contribution >= 4 is 23.2 Å². The van der Waals surface area contributed by atoms with Crippen molar-refractivity contribution in [1.29, 1.82) is 0 Å². The maximum absolute atomic E-state index is 5.95. The first kappa shape index (κ1) is 23.5. The summed E-state index contributed by atoms with van der Waals surface area (Å²) in [6.45, 7) is 6.41. The minimum atomic E-state index is 0.403. The van der Waals surface area contributed by atoms with E-state index in [9.17, 15) is 0 Å². The first-order valence-corrected chi connectivity index (χ1v) is 11.7. The van der Waals surface area contributed by atoms with Crippen molar-refractivity contribution in [2.45, 2.75) is 50.9 Å². The van der Waals surface area contributed by atoms with Gasteiger partial charge in [-0.1, -0.05) is 47.5 Å². The van der Waals surface area contributed by atoms with Crippen molar-refractivity contribution in [3.05, 3.63) is 69.7 Å². The fourth-order valence-corrected chi connectivity index (χ4v) is 4.43. The Balaban J connectivity index is 0.000000171. The molecule has 2 fully saturated rings. The highest BCUT2D eigenvalue weighted by Crippen LogP contribution is 2.17. The Kier molecular flexibility index (Phi) is 9.44. The lowest BCUT2D eigenvalue weighted by atomic mass is 10.1.